The molecule has 1 rings (SSSR count). The van der Waals surface area contributed by atoms with E-state index < -0.39 is 0 Å². The van der Waals surface area contributed by atoms with Gasteiger partial charge in [0.15, 0.2) is 5.82 Å². The first-order chi connectivity index (χ1) is 7.63. The highest BCUT2D eigenvalue weighted by Gasteiger charge is 2.05. The second-order valence-corrected chi connectivity index (χ2v) is 3.74. The Labute approximate surface area is 95.4 Å². The van der Waals surface area contributed by atoms with Crippen LogP contribution in [-0.4, -0.2) is 16.1 Å². The maximum Gasteiger partial charge on any atom is 0.249 e. The topological polar surface area (TPSA) is 57.8 Å². The average Bonchev–Trinajstić information content (AvgIpc) is 2.66. The van der Waals surface area contributed by atoms with Gasteiger partial charge in [0, 0.05) is 17.8 Å². The Morgan fingerprint density at radius 2 is 2.25 bits per heavy atom. The quantitative estimate of drug-likeness (QED) is 0.604. The summed E-state index contributed by atoms with van der Waals surface area (Å²) in [6.45, 7) is 6.01. The zero-order valence-electron chi connectivity index (χ0n) is 9.82. The minimum absolute atomic E-state index is 0.181. The van der Waals surface area contributed by atoms with Gasteiger partial charge in [-0.25, -0.2) is 0 Å². The first-order valence-electron chi connectivity index (χ1n) is 5.29. The van der Waals surface area contributed by atoms with E-state index in [0.29, 0.717) is 11.7 Å². The highest BCUT2D eigenvalue weighted by Crippen LogP contribution is 2.14. The predicted octanol–water partition coefficient (Wildman–Crippen LogP) is 2.60. The van der Waals surface area contributed by atoms with Crippen LogP contribution in [0.4, 0.5) is 5.82 Å². The van der Waals surface area contributed by atoms with Gasteiger partial charge >= 0.3 is 0 Å². The SMILES string of the molecule is CC=CC=CC(=O)Nc1cc(C(C)C)[nH]n1. The van der Waals surface area contributed by atoms with Gasteiger partial charge in [0.25, 0.3) is 0 Å². The molecule has 1 amide bonds. The number of carbonyl (C=O) groups excluding carboxylic acids is 1. The molecule has 1 heterocycles. The van der Waals surface area contributed by atoms with E-state index in [4.69, 9.17) is 0 Å². The molecule has 4 heteroatoms. The molecule has 0 radical (unpaired) electrons. The van der Waals surface area contributed by atoms with Crippen LogP contribution in [0.1, 0.15) is 32.4 Å². The van der Waals surface area contributed by atoms with Gasteiger partial charge < -0.3 is 5.32 Å². The lowest BCUT2D eigenvalue weighted by atomic mass is 10.1. The first kappa shape index (κ1) is 12.2. The number of hydrogen-bond donors (Lipinski definition) is 2. The predicted molar refractivity (Wildman–Crippen MR) is 65.3 cm³/mol. The van der Waals surface area contributed by atoms with Gasteiger partial charge in [-0.15, -0.1) is 0 Å². The van der Waals surface area contributed by atoms with E-state index in [1.807, 2.05) is 19.1 Å². The van der Waals surface area contributed by atoms with Gasteiger partial charge in [-0.05, 0) is 12.8 Å². The molecule has 0 aliphatic rings. The number of aromatic nitrogens is 2. The Kier molecular flexibility index (Phi) is 4.51. The van der Waals surface area contributed by atoms with E-state index in [2.05, 4.69) is 29.4 Å². The molecule has 0 aliphatic heterocycles. The number of H-pyrrole nitrogens is 1. The summed E-state index contributed by atoms with van der Waals surface area (Å²) in [5, 5.41) is 9.55. The Hall–Kier alpha value is -1.84. The summed E-state index contributed by atoms with van der Waals surface area (Å²) in [5.41, 5.74) is 1.01. The molecule has 1 aromatic rings. The molecule has 0 spiro atoms. The fourth-order valence-electron chi connectivity index (χ4n) is 1.12. The molecule has 0 aromatic carbocycles. The summed E-state index contributed by atoms with van der Waals surface area (Å²) in [5.74, 6) is 0.746. The molecule has 0 atom stereocenters. The summed E-state index contributed by atoms with van der Waals surface area (Å²) in [4.78, 5) is 11.4. The zero-order valence-corrected chi connectivity index (χ0v) is 9.82. The molecule has 2 N–H and O–H groups in total. The van der Waals surface area contributed by atoms with Crippen LogP contribution in [-0.2, 0) is 4.79 Å². The third kappa shape index (κ3) is 3.73. The minimum Gasteiger partial charge on any atom is -0.306 e. The van der Waals surface area contributed by atoms with E-state index in [-0.39, 0.29) is 5.91 Å². The number of nitrogens with zero attached hydrogens (tertiary/aromatic N) is 1. The molecule has 0 saturated carbocycles. The van der Waals surface area contributed by atoms with Crippen LogP contribution in [0, 0.1) is 0 Å². The van der Waals surface area contributed by atoms with Crippen molar-refractivity contribution in [2.75, 3.05) is 5.32 Å². The summed E-state index contributed by atoms with van der Waals surface area (Å²) < 4.78 is 0. The number of anilines is 1. The summed E-state index contributed by atoms with van der Waals surface area (Å²) in [7, 11) is 0. The number of aromatic amines is 1. The highest BCUT2D eigenvalue weighted by molar-refractivity contribution is 5.98. The molecule has 4 nitrogen and oxygen atoms in total. The Morgan fingerprint density at radius 3 is 2.81 bits per heavy atom. The third-order valence-electron chi connectivity index (χ3n) is 2.02. The maximum absolute atomic E-state index is 11.4. The highest BCUT2D eigenvalue weighted by atomic mass is 16.1. The second kappa shape index (κ2) is 5.90. The zero-order chi connectivity index (χ0) is 12.0. The largest absolute Gasteiger partial charge is 0.306 e. The smallest absolute Gasteiger partial charge is 0.249 e. The fourth-order valence-corrected chi connectivity index (χ4v) is 1.12. The van der Waals surface area contributed by atoms with E-state index in [9.17, 15) is 4.79 Å². The molecule has 86 valence electrons. The van der Waals surface area contributed by atoms with Crippen molar-refractivity contribution in [3.8, 4) is 0 Å². The lowest BCUT2D eigenvalue weighted by Gasteiger charge is -1.97. The van der Waals surface area contributed by atoms with Crippen molar-refractivity contribution in [2.24, 2.45) is 0 Å². The van der Waals surface area contributed by atoms with Gasteiger partial charge in [-0.2, -0.15) is 5.10 Å². The van der Waals surface area contributed by atoms with Crippen molar-refractivity contribution in [3.05, 3.63) is 36.1 Å². The fraction of sp³-hybridized carbons (Fsp3) is 0.333. The number of allylic oxidation sites excluding steroid dienone is 3. The third-order valence-corrected chi connectivity index (χ3v) is 2.02. The molecule has 0 fully saturated rings. The molecule has 0 bridgehead atoms. The van der Waals surface area contributed by atoms with Crippen LogP contribution in [0.25, 0.3) is 0 Å². The molecule has 16 heavy (non-hydrogen) atoms. The number of carbonyl (C=O) groups is 1. The Bertz CT molecular complexity index is 402. The van der Waals surface area contributed by atoms with Crippen molar-refractivity contribution < 1.29 is 4.79 Å². The summed E-state index contributed by atoms with van der Waals surface area (Å²) in [6.07, 6.45) is 6.80. The number of nitrogens with one attached hydrogen (secondary N) is 2. The van der Waals surface area contributed by atoms with Crippen molar-refractivity contribution in [1.29, 1.82) is 0 Å². The lowest BCUT2D eigenvalue weighted by molar-refractivity contribution is -0.111. The van der Waals surface area contributed by atoms with E-state index in [1.54, 1.807) is 12.2 Å². The van der Waals surface area contributed by atoms with E-state index in [1.165, 1.54) is 6.08 Å². The van der Waals surface area contributed by atoms with E-state index >= 15 is 0 Å². The Balaban J connectivity index is 2.56. The molecule has 1 aromatic heterocycles. The van der Waals surface area contributed by atoms with Crippen LogP contribution >= 0.6 is 0 Å². The molecular weight excluding hydrogens is 202 g/mol. The first-order valence-corrected chi connectivity index (χ1v) is 5.29. The lowest BCUT2D eigenvalue weighted by Crippen LogP contribution is -2.07. The van der Waals surface area contributed by atoms with Crippen molar-refractivity contribution in [2.45, 2.75) is 26.7 Å². The van der Waals surface area contributed by atoms with Gasteiger partial charge in [-0.1, -0.05) is 32.1 Å². The van der Waals surface area contributed by atoms with Gasteiger partial charge in [-0.3, -0.25) is 9.89 Å². The average molecular weight is 219 g/mol. The van der Waals surface area contributed by atoms with Gasteiger partial charge in [0.2, 0.25) is 5.91 Å². The van der Waals surface area contributed by atoms with E-state index in [0.717, 1.165) is 5.69 Å². The molecule has 0 saturated heterocycles. The number of rotatable bonds is 4. The molecule has 0 unspecified atom stereocenters. The number of amides is 1. The van der Waals surface area contributed by atoms with Crippen LogP contribution in [0.2, 0.25) is 0 Å². The van der Waals surface area contributed by atoms with Crippen LogP contribution in [0.15, 0.2) is 30.4 Å². The van der Waals surface area contributed by atoms with Crippen LogP contribution in [0.3, 0.4) is 0 Å². The van der Waals surface area contributed by atoms with Crippen molar-refractivity contribution in [3.63, 3.8) is 0 Å². The molecule has 0 aliphatic carbocycles. The van der Waals surface area contributed by atoms with Gasteiger partial charge in [0.05, 0.1) is 0 Å². The maximum atomic E-state index is 11.4. The second-order valence-electron chi connectivity index (χ2n) is 3.74. The number of hydrogen-bond acceptors (Lipinski definition) is 2. The summed E-state index contributed by atoms with van der Waals surface area (Å²) in [6, 6.07) is 1.84. The Morgan fingerprint density at radius 1 is 1.50 bits per heavy atom. The van der Waals surface area contributed by atoms with Crippen molar-refractivity contribution in [1.82, 2.24) is 10.2 Å². The minimum atomic E-state index is -0.181. The monoisotopic (exact) mass is 219 g/mol. The van der Waals surface area contributed by atoms with Crippen LogP contribution < -0.4 is 5.32 Å². The normalized spacial score (nSPS) is 11.8. The van der Waals surface area contributed by atoms with Crippen molar-refractivity contribution >= 4 is 11.7 Å². The standard InChI is InChI=1S/C12H17N3O/c1-4-5-6-7-12(16)13-11-8-10(9(2)3)14-15-11/h4-9H,1-3H3,(H2,13,14,15,16). The van der Waals surface area contributed by atoms with Gasteiger partial charge in [0.1, 0.15) is 0 Å². The van der Waals surface area contributed by atoms with Crippen LogP contribution in [0.5, 0.6) is 0 Å². The summed E-state index contributed by atoms with van der Waals surface area (Å²) >= 11 is 0. The molecular formula is C12H17N3O.